The second kappa shape index (κ2) is 7.94. The van der Waals surface area contributed by atoms with Crippen molar-refractivity contribution in [3.05, 3.63) is 54.1 Å². The molecule has 1 amide bonds. The van der Waals surface area contributed by atoms with Crippen molar-refractivity contribution in [2.75, 3.05) is 36.4 Å². The predicted molar refractivity (Wildman–Crippen MR) is 105 cm³/mol. The molecule has 5 nitrogen and oxygen atoms in total. The van der Waals surface area contributed by atoms with E-state index in [1.54, 1.807) is 18.3 Å². The van der Waals surface area contributed by atoms with Gasteiger partial charge in [0.15, 0.2) is 0 Å². The Labute approximate surface area is 159 Å². The quantitative estimate of drug-likeness (QED) is 0.897. The van der Waals surface area contributed by atoms with Gasteiger partial charge in [-0.15, -0.1) is 0 Å². The smallest absolute Gasteiger partial charge is 0.272 e. The summed E-state index contributed by atoms with van der Waals surface area (Å²) in [5.74, 6) is -0.259. The normalized spacial score (nSPS) is 18.0. The first-order valence-corrected chi connectivity index (χ1v) is 9.71. The summed E-state index contributed by atoms with van der Waals surface area (Å²) in [6, 6.07) is 10.8. The fourth-order valence-electron chi connectivity index (χ4n) is 3.89. The molecule has 1 aromatic carbocycles. The number of nitrogens with zero attached hydrogens (tertiary/aromatic N) is 3. The van der Waals surface area contributed by atoms with Crippen LogP contribution in [0.1, 0.15) is 36.2 Å². The zero-order valence-electron chi connectivity index (χ0n) is 15.4. The lowest BCUT2D eigenvalue weighted by molar-refractivity contribution is 0.0741. The second-order valence-corrected chi connectivity index (χ2v) is 7.31. The molecule has 1 N–H and O–H groups in total. The van der Waals surface area contributed by atoms with Gasteiger partial charge in [0.05, 0.1) is 11.9 Å². The number of pyridine rings is 1. The summed E-state index contributed by atoms with van der Waals surface area (Å²) in [6.07, 6.45) is 6.75. The minimum absolute atomic E-state index is 0.0267. The lowest BCUT2D eigenvalue weighted by atomic mass is 10.2. The van der Waals surface area contributed by atoms with E-state index in [-0.39, 0.29) is 11.7 Å². The molecular weight excluding hydrogens is 343 g/mol. The summed E-state index contributed by atoms with van der Waals surface area (Å²) in [5.41, 5.74) is 2.46. The molecule has 27 heavy (non-hydrogen) atoms. The number of hydrogen-bond donors (Lipinski definition) is 1. The Kier molecular flexibility index (Phi) is 5.23. The van der Waals surface area contributed by atoms with Crippen LogP contribution in [0.5, 0.6) is 0 Å². The number of rotatable bonds is 4. The average Bonchev–Trinajstić information content (AvgIpc) is 3.22. The SMILES string of the molecule is O=C(c1ccc(NC2CCCC2)cn1)N1CCN(c2ccc(F)cc2)CC1. The van der Waals surface area contributed by atoms with Crippen LogP contribution < -0.4 is 10.2 Å². The molecule has 1 saturated carbocycles. The van der Waals surface area contributed by atoms with Crippen molar-refractivity contribution in [2.45, 2.75) is 31.7 Å². The van der Waals surface area contributed by atoms with Gasteiger partial charge in [0, 0.05) is 37.9 Å². The minimum Gasteiger partial charge on any atom is -0.381 e. The van der Waals surface area contributed by atoms with Crippen molar-refractivity contribution in [3.8, 4) is 0 Å². The monoisotopic (exact) mass is 368 g/mol. The molecule has 2 aliphatic rings. The summed E-state index contributed by atoms with van der Waals surface area (Å²) in [4.78, 5) is 21.1. The number of amides is 1. The predicted octanol–water partition coefficient (Wildman–Crippen LogP) is 3.54. The first-order chi connectivity index (χ1) is 13.2. The highest BCUT2D eigenvalue weighted by Gasteiger charge is 2.23. The van der Waals surface area contributed by atoms with Crippen molar-refractivity contribution >= 4 is 17.3 Å². The fourth-order valence-corrected chi connectivity index (χ4v) is 3.89. The van der Waals surface area contributed by atoms with Gasteiger partial charge in [-0.05, 0) is 49.2 Å². The van der Waals surface area contributed by atoms with E-state index in [4.69, 9.17) is 0 Å². The Morgan fingerprint density at radius 3 is 2.33 bits per heavy atom. The topological polar surface area (TPSA) is 48.5 Å². The summed E-state index contributed by atoms with van der Waals surface area (Å²) in [5, 5.41) is 3.49. The molecule has 2 fully saturated rings. The highest BCUT2D eigenvalue weighted by Crippen LogP contribution is 2.22. The Morgan fingerprint density at radius 1 is 1.00 bits per heavy atom. The van der Waals surface area contributed by atoms with Crippen LogP contribution >= 0.6 is 0 Å². The van der Waals surface area contributed by atoms with Gasteiger partial charge in [-0.1, -0.05) is 12.8 Å². The Hall–Kier alpha value is -2.63. The fraction of sp³-hybridized carbons (Fsp3) is 0.429. The van der Waals surface area contributed by atoms with E-state index < -0.39 is 0 Å². The van der Waals surface area contributed by atoms with Crippen LogP contribution in [0.2, 0.25) is 0 Å². The molecule has 0 spiro atoms. The van der Waals surface area contributed by atoms with Gasteiger partial charge in [-0.2, -0.15) is 0 Å². The number of carbonyl (C=O) groups excluding carboxylic acids is 1. The Bertz CT molecular complexity index is 764. The second-order valence-electron chi connectivity index (χ2n) is 7.31. The number of carbonyl (C=O) groups is 1. The van der Waals surface area contributed by atoms with E-state index in [2.05, 4.69) is 15.2 Å². The molecule has 2 heterocycles. The van der Waals surface area contributed by atoms with Crippen LogP contribution in [-0.2, 0) is 0 Å². The van der Waals surface area contributed by atoms with Crippen LogP contribution in [0.25, 0.3) is 0 Å². The van der Waals surface area contributed by atoms with Gasteiger partial charge in [-0.3, -0.25) is 4.79 Å². The highest BCUT2D eigenvalue weighted by molar-refractivity contribution is 5.92. The maximum Gasteiger partial charge on any atom is 0.272 e. The molecular formula is C21H25FN4O. The summed E-state index contributed by atoms with van der Waals surface area (Å²) in [7, 11) is 0. The molecule has 6 heteroatoms. The zero-order valence-corrected chi connectivity index (χ0v) is 15.4. The summed E-state index contributed by atoms with van der Waals surface area (Å²) in [6.45, 7) is 2.75. The van der Waals surface area contributed by atoms with Crippen LogP contribution in [0, 0.1) is 5.82 Å². The third kappa shape index (κ3) is 4.21. The number of aromatic nitrogens is 1. The van der Waals surface area contributed by atoms with E-state index in [0.29, 0.717) is 24.8 Å². The maximum absolute atomic E-state index is 13.1. The summed E-state index contributed by atoms with van der Waals surface area (Å²) < 4.78 is 13.1. The van der Waals surface area contributed by atoms with Crippen molar-refractivity contribution < 1.29 is 9.18 Å². The zero-order chi connectivity index (χ0) is 18.6. The average molecular weight is 368 g/mol. The number of benzene rings is 1. The molecule has 4 rings (SSSR count). The third-order valence-electron chi connectivity index (χ3n) is 5.47. The maximum atomic E-state index is 13.1. The molecule has 1 saturated heterocycles. The molecule has 142 valence electrons. The molecule has 0 bridgehead atoms. The van der Waals surface area contributed by atoms with E-state index in [9.17, 15) is 9.18 Å². The molecule has 1 aliphatic carbocycles. The van der Waals surface area contributed by atoms with E-state index in [1.807, 2.05) is 17.0 Å². The summed E-state index contributed by atoms with van der Waals surface area (Å²) >= 11 is 0. The first kappa shape index (κ1) is 17.8. The van der Waals surface area contributed by atoms with Gasteiger partial charge in [0.2, 0.25) is 0 Å². The molecule has 0 radical (unpaired) electrons. The lowest BCUT2D eigenvalue weighted by Crippen LogP contribution is -2.49. The van der Waals surface area contributed by atoms with Crippen molar-refractivity contribution in [3.63, 3.8) is 0 Å². The van der Waals surface area contributed by atoms with Gasteiger partial charge < -0.3 is 15.1 Å². The standard InChI is InChI=1S/C21H25FN4O/c22-16-5-8-19(9-6-16)25-11-13-26(14-12-25)21(27)20-10-7-18(15-23-20)24-17-3-1-2-4-17/h5-10,15,17,24H,1-4,11-14H2. The van der Waals surface area contributed by atoms with Gasteiger partial charge >= 0.3 is 0 Å². The van der Waals surface area contributed by atoms with Gasteiger partial charge in [0.25, 0.3) is 5.91 Å². The molecule has 1 aromatic heterocycles. The van der Waals surface area contributed by atoms with E-state index in [0.717, 1.165) is 24.5 Å². The van der Waals surface area contributed by atoms with Crippen LogP contribution in [0.15, 0.2) is 42.6 Å². The van der Waals surface area contributed by atoms with Gasteiger partial charge in [-0.25, -0.2) is 9.37 Å². The van der Waals surface area contributed by atoms with E-state index in [1.165, 1.54) is 37.8 Å². The van der Waals surface area contributed by atoms with Crippen molar-refractivity contribution in [2.24, 2.45) is 0 Å². The van der Waals surface area contributed by atoms with Crippen LogP contribution in [-0.4, -0.2) is 48.0 Å². The van der Waals surface area contributed by atoms with Crippen molar-refractivity contribution in [1.82, 2.24) is 9.88 Å². The Balaban J connectivity index is 1.32. The van der Waals surface area contributed by atoms with Gasteiger partial charge in [0.1, 0.15) is 11.5 Å². The number of hydrogen-bond acceptors (Lipinski definition) is 4. The van der Waals surface area contributed by atoms with Crippen molar-refractivity contribution in [1.29, 1.82) is 0 Å². The number of nitrogens with one attached hydrogen (secondary N) is 1. The number of anilines is 2. The van der Waals surface area contributed by atoms with E-state index >= 15 is 0 Å². The molecule has 2 aromatic rings. The molecule has 0 unspecified atom stereocenters. The number of halogens is 1. The molecule has 0 atom stereocenters. The van der Waals surface area contributed by atoms with Crippen LogP contribution in [0.4, 0.5) is 15.8 Å². The largest absolute Gasteiger partial charge is 0.381 e. The minimum atomic E-state index is -0.232. The highest BCUT2D eigenvalue weighted by atomic mass is 19.1. The lowest BCUT2D eigenvalue weighted by Gasteiger charge is -2.36. The van der Waals surface area contributed by atoms with Crippen LogP contribution in [0.3, 0.4) is 0 Å². The Morgan fingerprint density at radius 2 is 1.70 bits per heavy atom. The third-order valence-corrected chi connectivity index (χ3v) is 5.47. The number of piperazine rings is 1. The molecule has 1 aliphatic heterocycles. The first-order valence-electron chi connectivity index (χ1n) is 9.71.